The molecule has 0 aromatic carbocycles. The average molecular weight is 242 g/mol. The number of nitrogens with one attached hydrogen (secondary N) is 2. The number of ether oxygens (including phenoxy) is 1. The predicted molar refractivity (Wildman–Crippen MR) is 67.3 cm³/mol. The number of hydrogen-bond donors (Lipinski definition) is 3. The van der Waals surface area contributed by atoms with Crippen molar-refractivity contribution in [2.75, 3.05) is 13.7 Å². The Kier molecular flexibility index (Phi) is 5.84. The standard InChI is InChI=1S/C10H18N4OS/c1-8(6-15-2)13-10(14-11)12-5-9-3-4-16-7-9/h3-4,7-8H,5-6,11H2,1-2H3,(H2,12,13,14). The number of aliphatic imine (C=N–C) groups is 1. The third kappa shape index (κ3) is 4.61. The first-order valence-electron chi connectivity index (χ1n) is 5.04. The molecule has 0 aliphatic carbocycles. The van der Waals surface area contributed by atoms with Crippen LogP contribution in [0.3, 0.4) is 0 Å². The van der Waals surface area contributed by atoms with E-state index in [1.54, 1.807) is 18.4 Å². The minimum atomic E-state index is 0.169. The van der Waals surface area contributed by atoms with Crippen LogP contribution in [-0.2, 0) is 11.3 Å². The molecule has 0 aliphatic heterocycles. The van der Waals surface area contributed by atoms with Gasteiger partial charge in [-0.3, -0.25) is 5.43 Å². The lowest BCUT2D eigenvalue weighted by Crippen LogP contribution is -2.46. The molecule has 1 aromatic rings. The van der Waals surface area contributed by atoms with Gasteiger partial charge in [0.1, 0.15) is 0 Å². The van der Waals surface area contributed by atoms with Crippen LogP contribution in [0.15, 0.2) is 21.8 Å². The summed E-state index contributed by atoms with van der Waals surface area (Å²) < 4.78 is 5.01. The van der Waals surface area contributed by atoms with Crippen LogP contribution < -0.4 is 16.6 Å². The summed E-state index contributed by atoms with van der Waals surface area (Å²) in [4.78, 5) is 4.33. The zero-order chi connectivity index (χ0) is 11.8. The van der Waals surface area contributed by atoms with E-state index in [4.69, 9.17) is 10.6 Å². The Labute approximate surface area is 99.7 Å². The maximum absolute atomic E-state index is 5.38. The van der Waals surface area contributed by atoms with E-state index in [1.807, 2.05) is 18.4 Å². The first-order valence-corrected chi connectivity index (χ1v) is 5.98. The van der Waals surface area contributed by atoms with E-state index >= 15 is 0 Å². The number of nitrogens with zero attached hydrogens (tertiary/aromatic N) is 1. The van der Waals surface area contributed by atoms with E-state index in [0.717, 1.165) is 0 Å². The maximum atomic E-state index is 5.38. The summed E-state index contributed by atoms with van der Waals surface area (Å²) in [6.07, 6.45) is 0. The lowest BCUT2D eigenvalue weighted by molar-refractivity contribution is 0.179. The molecule has 0 saturated heterocycles. The van der Waals surface area contributed by atoms with Gasteiger partial charge in [-0.15, -0.1) is 0 Å². The summed E-state index contributed by atoms with van der Waals surface area (Å²) in [5.41, 5.74) is 3.72. The van der Waals surface area contributed by atoms with Crippen LogP contribution in [-0.4, -0.2) is 25.7 Å². The van der Waals surface area contributed by atoms with Gasteiger partial charge in [0.15, 0.2) is 0 Å². The fourth-order valence-corrected chi connectivity index (χ4v) is 1.87. The molecule has 1 rings (SSSR count). The SMILES string of the molecule is COCC(C)NC(=NCc1ccsc1)NN. The number of hydrazine groups is 1. The molecule has 0 radical (unpaired) electrons. The number of guanidine groups is 1. The maximum Gasteiger partial charge on any atom is 0.206 e. The van der Waals surface area contributed by atoms with Gasteiger partial charge in [0.25, 0.3) is 0 Å². The average Bonchev–Trinajstić information content (AvgIpc) is 2.77. The van der Waals surface area contributed by atoms with Crippen molar-refractivity contribution in [3.63, 3.8) is 0 Å². The molecule has 0 aliphatic rings. The third-order valence-corrected chi connectivity index (χ3v) is 2.67. The molecule has 4 N–H and O–H groups in total. The first kappa shape index (κ1) is 13.0. The highest BCUT2D eigenvalue weighted by molar-refractivity contribution is 7.07. The topological polar surface area (TPSA) is 71.7 Å². The summed E-state index contributed by atoms with van der Waals surface area (Å²) >= 11 is 1.66. The molecule has 16 heavy (non-hydrogen) atoms. The lowest BCUT2D eigenvalue weighted by atomic mass is 10.3. The zero-order valence-electron chi connectivity index (χ0n) is 9.56. The minimum Gasteiger partial charge on any atom is -0.383 e. The van der Waals surface area contributed by atoms with Crippen LogP contribution >= 0.6 is 11.3 Å². The van der Waals surface area contributed by atoms with Gasteiger partial charge >= 0.3 is 0 Å². The number of nitrogens with two attached hydrogens (primary N) is 1. The van der Waals surface area contributed by atoms with Crippen molar-refractivity contribution in [1.29, 1.82) is 0 Å². The Hall–Kier alpha value is -1.11. The highest BCUT2D eigenvalue weighted by Crippen LogP contribution is 2.06. The van der Waals surface area contributed by atoms with Gasteiger partial charge in [0.2, 0.25) is 5.96 Å². The number of thiophene rings is 1. The second-order valence-electron chi connectivity index (χ2n) is 3.44. The van der Waals surface area contributed by atoms with Gasteiger partial charge in [-0.2, -0.15) is 11.3 Å². The molecule has 1 aromatic heterocycles. The van der Waals surface area contributed by atoms with Crippen molar-refractivity contribution in [3.05, 3.63) is 22.4 Å². The lowest BCUT2D eigenvalue weighted by Gasteiger charge is -2.15. The molecule has 0 spiro atoms. The van der Waals surface area contributed by atoms with Crippen LogP contribution in [0.25, 0.3) is 0 Å². The molecule has 1 atom stereocenters. The van der Waals surface area contributed by atoms with Crippen LogP contribution in [0.1, 0.15) is 12.5 Å². The van der Waals surface area contributed by atoms with Crippen LogP contribution in [0.2, 0.25) is 0 Å². The Morgan fingerprint density at radius 1 is 1.69 bits per heavy atom. The van der Waals surface area contributed by atoms with Crippen LogP contribution in [0.4, 0.5) is 0 Å². The fraction of sp³-hybridized carbons (Fsp3) is 0.500. The van der Waals surface area contributed by atoms with E-state index < -0.39 is 0 Å². The van der Waals surface area contributed by atoms with E-state index in [9.17, 15) is 0 Å². The van der Waals surface area contributed by atoms with Gasteiger partial charge in [-0.25, -0.2) is 10.8 Å². The highest BCUT2D eigenvalue weighted by atomic mass is 32.1. The van der Waals surface area contributed by atoms with Crippen molar-refractivity contribution in [2.45, 2.75) is 19.5 Å². The van der Waals surface area contributed by atoms with Crippen LogP contribution in [0, 0.1) is 0 Å². The van der Waals surface area contributed by atoms with E-state index in [2.05, 4.69) is 21.1 Å². The van der Waals surface area contributed by atoms with Crippen molar-refractivity contribution < 1.29 is 4.74 Å². The molecule has 0 fully saturated rings. The molecule has 1 heterocycles. The predicted octanol–water partition coefficient (Wildman–Crippen LogP) is 0.692. The molecule has 0 amide bonds. The minimum absolute atomic E-state index is 0.169. The zero-order valence-corrected chi connectivity index (χ0v) is 10.4. The molecule has 6 heteroatoms. The molecule has 1 unspecified atom stereocenters. The quantitative estimate of drug-likeness (QED) is 0.307. The fourth-order valence-electron chi connectivity index (χ4n) is 1.21. The van der Waals surface area contributed by atoms with Crippen molar-refractivity contribution in [3.8, 4) is 0 Å². The second-order valence-corrected chi connectivity index (χ2v) is 4.22. The van der Waals surface area contributed by atoms with Gasteiger partial charge in [-0.05, 0) is 29.3 Å². The second kappa shape index (κ2) is 7.21. The number of hydrogen-bond acceptors (Lipinski definition) is 4. The molecular weight excluding hydrogens is 224 g/mol. The highest BCUT2D eigenvalue weighted by Gasteiger charge is 2.03. The summed E-state index contributed by atoms with van der Waals surface area (Å²) in [5.74, 6) is 5.95. The Morgan fingerprint density at radius 2 is 2.50 bits per heavy atom. The normalized spacial score (nSPS) is 13.6. The summed E-state index contributed by atoms with van der Waals surface area (Å²) in [7, 11) is 1.66. The molecule has 0 bridgehead atoms. The smallest absolute Gasteiger partial charge is 0.206 e. The number of rotatable bonds is 5. The van der Waals surface area contributed by atoms with Crippen molar-refractivity contribution in [1.82, 2.24) is 10.7 Å². The number of methoxy groups -OCH3 is 1. The van der Waals surface area contributed by atoms with Gasteiger partial charge in [0.05, 0.1) is 13.2 Å². The van der Waals surface area contributed by atoms with E-state index in [-0.39, 0.29) is 6.04 Å². The molecule has 0 saturated carbocycles. The molecule has 5 nitrogen and oxygen atoms in total. The van der Waals surface area contributed by atoms with Crippen molar-refractivity contribution in [2.24, 2.45) is 10.8 Å². The van der Waals surface area contributed by atoms with Crippen LogP contribution in [0.5, 0.6) is 0 Å². The Bertz CT molecular complexity index is 313. The van der Waals surface area contributed by atoms with Gasteiger partial charge < -0.3 is 10.1 Å². The summed E-state index contributed by atoms with van der Waals surface area (Å²) in [6, 6.07) is 2.21. The van der Waals surface area contributed by atoms with Crippen molar-refractivity contribution >= 4 is 17.3 Å². The first-order chi connectivity index (χ1) is 7.76. The van der Waals surface area contributed by atoms with E-state index in [0.29, 0.717) is 19.1 Å². The largest absolute Gasteiger partial charge is 0.383 e. The monoisotopic (exact) mass is 242 g/mol. The Balaban J connectivity index is 2.43. The summed E-state index contributed by atoms with van der Waals surface area (Å²) in [6.45, 7) is 3.23. The van der Waals surface area contributed by atoms with Gasteiger partial charge in [0, 0.05) is 13.2 Å². The summed E-state index contributed by atoms with van der Waals surface area (Å²) in [5, 5.41) is 7.22. The Morgan fingerprint density at radius 3 is 3.06 bits per heavy atom. The molecule has 90 valence electrons. The third-order valence-electron chi connectivity index (χ3n) is 1.94. The van der Waals surface area contributed by atoms with Gasteiger partial charge in [-0.1, -0.05) is 0 Å². The van der Waals surface area contributed by atoms with E-state index in [1.165, 1.54) is 5.56 Å². The molecular formula is C10H18N4OS.